The molecule has 7 N–H and O–H groups in total. The van der Waals surface area contributed by atoms with E-state index in [1.54, 1.807) is 0 Å². The highest BCUT2D eigenvalue weighted by Gasteiger charge is 2.39. The van der Waals surface area contributed by atoms with Gasteiger partial charge in [0.15, 0.2) is 11.5 Å². The molecule has 1 saturated heterocycles. The number of amidine groups is 1. The number of benzene rings is 1. The van der Waals surface area contributed by atoms with Crippen LogP contribution in [0.15, 0.2) is 32.3 Å². The first kappa shape index (κ1) is 21.5. The second kappa shape index (κ2) is 8.29. The van der Waals surface area contributed by atoms with Crippen LogP contribution < -0.4 is 21.7 Å². The molecule has 1 fully saturated rings. The van der Waals surface area contributed by atoms with Gasteiger partial charge >= 0.3 is 0 Å². The third-order valence-electron chi connectivity index (χ3n) is 4.28. The average molecular weight is 493 g/mol. The Hall–Kier alpha value is -2.17. The minimum atomic E-state index is -3.83. The molecule has 12 nitrogen and oxygen atoms in total. The summed E-state index contributed by atoms with van der Waals surface area (Å²) in [6.45, 7) is 0.356. The maximum Gasteiger partial charge on any atom is 0.276 e. The van der Waals surface area contributed by atoms with Gasteiger partial charge in [0.05, 0.1) is 10.2 Å². The first-order chi connectivity index (χ1) is 13.6. The van der Waals surface area contributed by atoms with Crippen LogP contribution in [0.1, 0.15) is 12.1 Å². The first-order valence-corrected chi connectivity index (χ1v) is 10.5. The van der Waals surface area contributed by atoms with Crippen molar-refractivity contribution in [1.29, 1.82) is 0 Å². The summed E-state index contributed by atoms with van der Waals surface area (Å²) in [5, 5.41) is 24.9. The molecule has 0 radical (unpaired) electrons. The molecule has 0 spiro atoms. The van der Waals surface area contributed by atoms with E-state index in [2.05, 4.69) is 36.6 Å². The van der Waals surface area contributed by atoms with E-state index in [1.807, 2.05) is 5.48 Å². The van der Waals surface area contributed by atoms with Crippen molar-refractivity contribution in [2.75, 3.05) is 25.0 Å². The third-order valence-corrected chi connectivity index (χ3v) is 5.92. The van der Waals surface area contributed by atoms with Crippen molar-refractivity contribution >= 4 is 43.5 Å². The Morgan fingerprint density at radius 3 is 2.86 bits per heavy atom. The van der Waals surface area contributed by atoms with E-state index in [1.165, 1.54) is 18.2 Å². The molecular weight excluding hydrogens is 475 g/mol. The third kappa shape index (κ3) is 5.06. The summed E-state index contributed by atoms with van der Waals surface area (Å²) in [5.74, 6) is -0.465. The fraction of sp³-hybridized carbons (Fsp3) is 0.357. The molecule has 1 atom stereocenters. The summed E-state index contributed by atoms with van der Waals surface area (Å²) in [5.41, 5.74) is 7.60. The Morgan fingerprint density at radius 2 is 2.24 bits per heavy atom. The van der Waals surface area contributed by atoms with Crippen LogP contribution in [-0.4, -0.2) is 59.3 Å². The van der Waals surface area contributed by atoms with Crippen molar-refractivity contribution in [3.8, 4) is 0 Å². The molecule has 1 aromatic heterocycles. The number of anilines is 1. The topological polar surface area (TPSA) is 185 Å². The number of nitrogens with zero attached hydrogens (tertiary/aromatic N) is 4. The molecule has 1 aliphatic heterocycles. The van der Waals surface area contributed by atoms with Crippen LogP contribution in [0.25, 0.3) is 0 Å². The summed E-state index contributed by atoms with van der Waals surface area (Å²) in [4.78, 5) is 4.14. The lowest BCUT2D eigenvalue weighted by Gasteiger charge is -2.24. The molecule has 0 unspecified atom stereocenters. The fourth-order valence-corrected chi connectivity index (χ4v) is 3.90. The van der Waals surface area contributed by atoms with E-state index in [9.17, 15) is 18.0 Å². The number of hydroxylamine groups is 1. The van der Waals surface area contributed by atoms with Gasteiger partial charge in [-0.2, -0.15) is 12.7 Å². The van der Waals surface area contributed by atoms with E-state index >= 15 is 0 Å². The zero-order valence-corrected chi connectivity index (χ0v) is 17.2. The fourth-order valence-electron chi connectivity index (χ4n) is 2.75. The highest BCUT2D eigenvalue weighted by Crippen LogP contribution is 2.24. The number of halogens is 2. The molecule has 1 aliphatic rings. The van der Waals surface area contributed by atoms with Crippen LogP contribution in [0.2, 0.25) is 0 Å². The lowest BCUT2D eigenvalue weighted by molar-refractivity contribution is 0.234. The number of hydrogen-bond acceptors (Lipinski definition) is 9. The van der Waals surface area contributed by atoms with Crippen molar-refractivity contribution < 1.29 is 22.6 Å². The van der Waals surface area contributed by atoms with Gasteiger partial charge in [-0.1, -0.05) is 0 Å². The van der Waals surface area contributed by atoms with Crippen LogP contribution >= 0.6 is 15.9 Å². The van der Waals surface area contributed by atoms with Crippen molar-refractivity contribution in [3.63, 3.8) is 0 Å². The first-order valence-electron chi connectivity index (χ1n) is 8.19. The van der Waals surface area contributed by atoms with E-state index in [4.69, 9.17) is 15.5 Å². The number of nitrogens with one attached hydrogen (secondary N) is 2. The molecule has 3 rings (SSSR count). The minimum Gasteiger partial charge on any atom is -0.363 e. The maximum absolute atomic E-state index is 13.4. The SMILES string of the molecule is N[C@]1(CNc2nonc2C(=Nc2ccc(F)c(Br)c2)NO)CCN(S(N)(=O)=O)C1. The summed E-state index contributed by atoms with van der Waals surface area (Å²) < 4.78 is 42.3. The number of rotatable bonds is 6. The van der Waals surface area contributed by atoms with Crippen molar-refractivity contribution in [2.24, 2.45) is 15.9 Å². The van der Waals surface area contributed by atoms with Crippen molar-refractivity contribution in [1.82, 2.24) is 20.1 Å². The number of aliphatic imine (C=N–C) groups is 1. The van der Waals surface area contributed by atoms with E-state index in [0.717, 1.165) is 4.31 Å². The molecule has 15 heteroatoms. The van der Waals surface area contributed by atoms with Gasteiger partial charge in [0.2, 0.25) is 5.82 Å². The Morgan fingerprint density at radius 1 is 1.48 bits per heavy atom. The van der Waals surface area contributed by atoms with Gasteiger partial charge in [0.1, 0.15) is 5.82 Å². The standard InChI is InChI=1S/C14H18BrFN8O4S/c15-9-5-8(1-2-10(9)16)20-13(21-25)11-12(23-28-22-11)19-6-14(17)3-4-24(7-14)29(18,26)27/h1-2,5,25H,3-4,6-7,17H2,(H,19,23)(H,20,21)(H2,18,26,27)/t14-/m0/s1. The highest BCUT2D eigenvalue weighted by atomic mass is 79.9. The van der Waals surface area contributed by atoms with Crippen molar-refractivity contribution in [2.45, 2.75) is 12.0 Å². The normalized spacial score (nSPS) is 20.8. The Labute approximate surface area is 173 Å². The monoisotopic (exact) mass is 492 g/mol. The van der Waals surface area contributed by atoms with Gasteiger partial charge < -0.3 is 11.1 Å². The Bertz CT molecular complexity index is 1030. The second-order valence-electron chi connectivity index (χ2n) is 6.48. The van der Waals surface area contributed by atoms with Crippen LogP contribution in [0.3, 0.4) is 0 Å². The quantitative estimate of drug-likeness (QED) is 0.211. The van der Waals surface area contributed by atoms with E-state index < -0.39 is 21.6 Å². The van der Waals surface area contributed by atoms with Crippen LogP contribution in [0, 0.1) is 5.82 Å². The van der Waals surface area contributed by atoms with Gasteiger partial charge in [-0.25, -0.2) is 19.2 Å². The Balaban J connectivity index is 1.76. The minimum absolute atomic E-state index is 0.0300. The second-order valence-corrected chi connectivity index (χ2v) is 8.88. The Kier molecular flexibility index (Phi) is 6.16. The zero-order chi connectivity index (χ0) is 21.2. The molecule has 0 amide bonds. The van der Waals surface area contributed by atoms with Crippen molar-refractivity contribution in [3.05, 3.63) is 34.2 Å². The largest absolute Gasteiger partial charge is 0.363 e. The molecule has 0 bridgehead atoms. The smallest absolute Gasteiger partial charge is 0.276 e. The lowest BCUT2D eigenvalue weighted by Crippen LogP contribution is -2.50. The predicted octanol–water partition coefficient (Wildman–Crippen LogP) is 0.0469. The van der Waals surface area contributed by atoms with E-state index in [0.29, 0.717) is 12.1 Å². The zero-order valence-electron chi connectivity index (χ0n) is 14.8. The van der Waals surface area contributed by atoms with Gasteiger partial charge in [-0.15, -0.1) is 0 Å². The van der Waals surface area contributed by atoms with Crippen LogP contribution in [0.4, 0.5) is 15.9 Å². The van der Waals surface area contributed by atoms with Gasteiger partial charge in [-0.3, -0.25) is 10.7 Å². The molecule has 29 heavy (non-hydrogen) atoms. The highest BCUT2D eigenvalue weighted by molar-refractivity contribution is 9.10. The number of aromatic nitrogens is 2. The predicted molar refractivity (Wildman–Crippen MR) is 104 cm³/mol. The molecule has 0 saturated carbocycles. The molecule has 2 aromatic rings. The number of hydrogen-bond donors (Lipinski definition) is 5. The molecule has 158 valence electrons. The summed E-state index contributed by atoms with van der Waals surface area (Å²) in [7, 11) is -3.83. The molecule has 2 heterocycles. The summed E-state index contributed by atoms with van der Waals surface area (Å²) in [6, 6.07) is 4.00. The summed E-state index contributed by atoms with van der Waals surface area (Å²) >= 11 is 3.05. The van der Waals surface area contributed by atoms with Gasteiger partial charge in [0, 0.05) is 25.2 Å². The van der Waals surface area contributed by atoms with Crippen LogP contribution in [-0.2, 0) is 10.2 Å². The van der Waals surface area contributed by atoms with Crippen LogP contribution in [0.5, 0.6) is 0 Å². The number of nitrogens with two attached hydrogens (primary N) is 2. The van der Waals surface area contributed by atoms with Gasteiger partial charge in [-0.05, 0) is 50.9 Å². The molecular formula is C14H18BrFN8O4S. The maximum atomic E-state index is 13.4. The van der Waals surface area contributed by atoms with E-state index in [-0.39, 0.29) is 41.5 Å². The lowest BCUT2D eigenvalue weighted by atomic mass is 10.0. The average Bonchev–Trinajstić information content (AvgIpc) is 3.28. The van der Waals surface area contributed by atoms with Gasteiger partial charge in [0.25, 0.3) is 10.2 Å². The summed E-state index contributed by atoms with van der Waals surface area (Å²) in [6.07, 6.45) is 0.375. The molecule has 0 aliphatic carbocycles. The molecule has 1 aromatic carbocycles.